The van der Waals surface area contributed by atoms with Crippen molar-refractivity contribution in [3.8, 4) is 0 Å². The summed E-state index contributed by atoms with van der Waals surface area (Å²) >= 11 is 6.80. The zero-order valence-electron chi connectivity index (χ0n) is 20.3. The molecule has 15 heteroatoms. The highest BCUT2D eigenvalue weighted by Gasteiger charge is 2.44. The summed E-state index contributed by atoms with van der Waals surface area (Å²) in [5, 5.41) is 4.79. The van der Waals surface area contributed by atoms with Crippen LogP contribution in [0.2, 0.25) is 4.34 Å². The largest absolute Gasteiger partial charge is 0.401 e. The highest BCUT2D eigenvalue weighted by molar-refractivity contribution is 7.18. The molecule has 0 bridgehead atoms. The summed E-state index contributed by atoms with van der Waals surface area (Å²) in [7, 11) is 0. The first-order valence-electron chi connectivity index (χ1n) is 11.9. The Morgan fingerprint density at radius 3 is 2.54 bits per heavy atom. The lowest BCUT2D eigenvalue weighted by molar-refractivity contribution is -0.155. The Bertz CT molecular complexity index is 1220. The second-order valence-electron chi connectivity index (χ2n) is 9.01. The van der Waals surface area contributed by atoms with Crippen molar-refractivity contribution in [1.29, 1.82) is 0 Å². The lowest BCUT2D eigenvalue weighted by Gasteiger charge is -2.32. The maximum Gasteiger partial charge on any atom is 0.401 e. The molecule has 4 rings (SSSR count). The van der Waals surface area contributed by atoms with Gasteiger partial charge in [-0.15, -0.1) is 11.3 Å². The van der Waals surface area contributed by atoms with Crippen LogP contribution in [0.4, 0.5) is 33.3 Å². The third-order valence-corrected chi connectivity index (χ3v) is 7.39. The van der Waals surface area contributed by atoms with E-state index >= 15 is 0 Å². The first-order chi connectivity index (χ1) is 18.4. The van der Waals surface area contributed by atoms with Crippen LogP contribution in [0, 0.1) is 0 Å². The summed E-state index contributed by atoms with van der Waals surface area (Å²) < 4.78 is 73.6. The zero-order chi connectivity index (χ0) is 28.3. The number of benzene rings is 1. The highest BCUT2D eigenvalue weighted by atomic mass is 35.5. The number of rotatable bonds is 10. The van der Waals surface area contributed by atoms with Crippen LogP contribution in [0.15, 0.2) is 30.3 Å². The van der Waals surface area contributed by atoms with Crippen molar-refractivity contribution in [2.75, 3.05) is 43.1 Å². The monoisotopic (exact) mass is 594 g/mol. The van der Waals surface area contributed by atoms with E-state index in [0.29, 0.717) is 17.2 Å². The van der Waals surface area contributed by atoms with Crippen LogP contribution in [0.1, 0.15) is 34.5 Å². The predicted octanol–water partition coefficient (Wildman–Crippen LogP) is 4.47. The molecular formula is C24H24ClF5N4O4S. The van der Waals surface area contributed by atoms with Crippen molar-refractivity contribution in [3.05, 3.63) is 45.1 Å². The van der Waals surface area contributed by atoms with Gasteiger partial charge in [-0.3, -0.25) is 19.3 Å². The summed E-state index contributed by atoms with van der Waals surface area (Å²) in [6, 6.07) is 4.43. The highest BCUT2D eigenvalue weighted by Crippen LogP contribution is 2.34. The van der Waals surface area contributed by atoms with Crippen molar-refractivity contribution < 1.29 is 41.1 Å². The average molecular weight is 595 g/mol. The Balaban J connectivity index is 1.57. The molecule has 212 valence electrons. The minimum Gasteiger partial charge on any atom is -0.370 e. The number of thiophene rings is 1. The van der Waals surface area contributed by atoms with Crippen LogP contribution < -0.4 is 15.5 Å². The van der Waals surface area contributed by atoms with Gasteiger partial charge in [0.15, 0.2) is 0 Å². The third kappa shape index (κ3) is 7.65. The number of amides is 3. The van der Waals surface area contributed by atoms with Gasteiger partial charge in [0.25, 0.3) is 18.2 Å². The van der Waals surface area contributed by atoms with Gasteiger partial charge in [-0.2, -0.15) is 13.2 Å². The van der Waals surface area contributed by atoms with E-state index < -0.39 is 61.1 Å². The molecule has 2 fully saturated rings. The second kappa shape index (κ2) is 12.1. The van der Waals surface area contributed by atoms with Crippen LogP contribution in [0.25, 0.3) is 0 Å². The lowest BCUT2D eigenvalue weighted by atomic mass is 10.1. The van der Waals surface area contributed by atoms with Crippen molar-refractivity contribution in [3.63, 3.8) is 0 Å². The van der Waals surface area contributed by atoms with Crippen LogP contribution in [0.3, 0.4) is 0 Å². The molecule has 2 aliphatic rings. The molecule has 3 amide bonds. The van der Waals surface area contributed by atoms with Gasteiger partial charge >= 0.3 is 6.18 Å². The number of ether oxygens (including phenoxy) is 1. The van der Waals surface area contributed by atoms with Crippen LogP contribution in [0.5, 0.6) is 0 Å². The molecule has 8 nitrogen and oxygen atoms in total. The fourth-order valence-corrected chi connectivity index (χ4v) is 5.16. The fraction of sp³-hybridized carbons (Fsp3) is 0.458. The summed E-state index contributed by atoms with van der Waals surface area (Å²) in [5.41, 5.74) is -0.750. The quantitative estimate of drug-likeness (QED) is 0.396. The van der Waals surface area contributed by atoms with E-state index in [2.05, 4.69) is 10.6 Å². The number of carbonyl (C=O) groups excluding carboxylic acids is 3. The van der Waals surface area contributed by atoms with Crippen LogP contribution >= 0.6 is 22.9 Å². The Morgan fingerprint density at radius 1 is 1.21 bits per heavy atom. The Labute approximate surface area is 229 Å². The maximum atomic E-state index is 14.0. The maximum absolute atomic E-state index is 14.0. The molecule has 0 unspecified atom stereocenters. The minimum absolute atomic E-state index is 0.151. The molecule has 2 aromatic rings. The summed E-state index contributed by atoms with van der Waals surface area (Å²) in [6.45, 7) is -1.76. The fourth-order valence-electron chi connectivity index (χ4n) is 4.20. The average Bonchev–Trinajstić information content (AvgIpc) is 3.62. The number of carbonyl (C=O) groups is 3. The molecule has 1 aliphatic heterocycles. The summed E-state index contributed by atoms with van der Waals surface area (Å²) in [5.74, 6) is -2.05. The summed E-state index contributed by atoms with van der Waals surface area (Å²) in [4.78, 5) is 40.4. The lowest BCUT2D eigenvalue weighted by Crippen LogP contribution is -2.54. The number of hydrogen-bond donors (Lipinski definition) is 2. The molecule has 1 saturated heterocycles. The molecule has 1 saturated carbocycles. The number of hydrogen-bond acceptors (Lipinski definition) is 6. The van der Waals surface area contributed by atoms with E-state index in [4.69, 9.17) is 16.3 Å². The Kier molecular flexibility index (Phi) is 9.09. The van der Waals surface area contributed by atoms with Crippen LogP contribution in [-0.2, 0) is 14.3 Å². The second-order valence-corrected chi connectivity index (χ2v) is 10.7. The van der Waals surface area contributed by atoms with E-state index in [0.717, 1.165) is 22.3 Å². The standard InChI is InChI=1S/C24H24ClF5N4O4S/c25-19-6-5-18(39-19)23(37)31-10-17(34(13-1-2-13)12-24(28,29)30)22(36)32-16-4-3-14(9-15(16)21(26)27)33-7-8-38-11-20(33)35/h3-6,9,13,17,21H,1-2,7-8,10-12H2,(H,31,37)(H,32,36)/t17-/m0/s1. The number of anilines is 2. The zero-order valence-corrected chi connectivity index (χ0v) is 21.8. The number of halogens is 6. The van der Waals surface area contributed by atoms with E-state index in [1.165, 1.54) is 29.2 Å². The number of morpholine rings is 1. The van der Waals surface area contributed by atoms with E-state index in [9.17, 15) is 36.3 Å². The smallest absolute Gasteiger partial charge is 0.370 e. The SMILES string of the molecule is O=C(NC[C@@H](C(=O)Nc1ccc(N2CCOCC2=O)cc1C(F)F)N(CC(F)(F)F)C1CC1)c1ccc(Cl)s1. The van der Waals surface area contributed by atoms with Gasteiger partial charge < -0.3 is 20.3 Å². The first-order valence-corrected chi connectivity index (χ1v) is 13.1. The van der Waals surface area contributed by atoms with Crippen molar-refractivity contribution in [1.82, 2.24) is 10.2 Å². The molecule has 39 heavy (non-hydrogen) atoms. The van der Waals surface area contributed by atoms with E-state index in [1.807, 2.05) is 0 Å². The van der Waals surface area contributed by atoms with Gasteiger partial charge in [0.05, 0.1) is 22.4 Å². The minimum atomic E-state index is -4.65. The summed E-state index contributed by atoms with van der Waals surface area (Å²) in [6.07, 6.45) is -6.88. The van der Waals surface area contributed by atoms with Gasteiger partial charge in [-0.05, 0) is 43.2 Å². The predicted molar refractivity (Wildman–Crippen MR) is 134 cm³/mol. The van der Waals surface area contributed by atoms with Gasteiger partial charge in [-0.25, -0.2) is 8.78 Å². The van der Waals surface area contributed by atoms with Gasteiger partial charge in [0, 0.05) is 36.1 Å². The van der Waals surface area contributed by atoms with E-state index in [1.54, 1.807) is 0 Å². The molecule has 0 radical (unpaired) electrons. The van der Waals surface area contributed by atoms with Gasteiger partial charge in [0.1, 0.15) is 12.6 Å². The van der Waals surface area contributed by atoms with Crippen LogP contribution in [-0.4, -0.2) is 73.7 Å². The third-order valence-electron chi connectivity index (χ3n) is 6.16. The van der Waals surface area contributed by atoms with Gasteiger partial charge in [0.2, 0.25) is 5.91 Å². The van der Waals surface area contributed by atoms with Crippen molar-refractivity contribution in [2.24, 2.45) is 0 Å². The first kappa shape index (κ1) is 29.2. The topological polar surface area (TPSA) is 91.0 Å². The van der Waals surface area contributed by atoms with Gasteiger partial charge in [-0.1, -0.05) is 11.6 Å². The molecule has 1 aromatic carbocycles. The van der Waals surface area contributed by atoms with E-state index in [-0.39, 0.29) is 36.0 Å². The molecule has 0 spiro atoms. The van der Waals surface area contributed by atoms with Crippen molar-refractivity contribution in [2.45, 2.75) is 37.5 Å². The number of nitrogens with zero attached hydrogens (tertiary/aromatic N) is 2. The van der Waals surface area contributed by atoms with Crippen molar-refractivity contribution >= 4 is 52.0 Å². The normalized spacial score (nSPS) is 17.0. The molecule has 1 aromatic heterocycles. The Hall–Kier alpha value is -2.81. The number of nitrogens with one attached hydrogen (secondary N) is 2. The number of alkyl halides is 5. The Morgan fingerprint density at radius 2 is 1.95 bits per heavy atom. The molecular weight excluding hydrogens is 571 g/mol. The molecule has 2 N–H and O–H groups in total. The molecule has 1 aliphatic carbocycles. The molecule has 2 heterocycles. The molecule has 1 atom stereocenters.